The van der Waals surface area contributed by atoms with Crippen molar-refractivity contribution in [2.45, 2.75) is 19.4 Å². The molecule has 0 saturated heterocycles. The minimum atomic E-state index is -0.323. The Morgan fingerprint density at radius 3 is 2.52 bits per heavy atom. The van der Waals surface area contributed by atoms with Gasteiger partial charge < -0.3 is 5.73 Å². The predicted octanol–water partition coefficient (Wildman–Crippen LogP) is 3.87. The molecule has 1 atom stereocenters. The SMILES string of the molecule is CCC(N)c1nc2cccc(Cl)c2c(=O)n1-c1ccccc1.Cl. The summed E-state index contributed by atoms with van der Waals surface area (Å²) in [6.07, 6.45) is 0.686. The first-order valence-corrected chi connectivity index (χ1v) is 7.53. The fraction of sp³-hybridized carbons (Fsp3) is 0.176. The van der Waals surface area contributed by atoms with Gasteiger partial charge >= 0.3 is 0 Å². The predicted molar refractivity (Wildman–Crippen MR) is 96.8 cm³/mol. The van der Waals surface area contributed by atoms with Crippen molar-refractivity contribution in [3.63, 3.8) is 0 Å². The van der Waals surface area contributed by atoms with Gasteiger partial charge in [-0.05, 0) is 30.7 Å². The van der Waals surface area contributed by atoms with E-state index in [1.54, 1.807) is 22.8 Å². The van der Waals surface area contributed by atoms with Gasteiger partial charge in [0.1, 0.15) is 5.82 Å². The van der Waals surface area contributed by atoms with E-state index in [0.717, 1.165) is 5.69 Å². The molecule has 4 nitrogen and oxygen atoms in total. The lowest BCUT2D eigenvalue weighted by molar-refractivity contribution is 0.623. The zero-order chi connectivity index (χ0) is 15.7. The van der Waals surface area contributed by atoms with Crippen LogP contribution in [0.1, 0.15) is 25.2 Å². The topological polar surface area (TPSA) is 60.9 Å². The summed E-state index contributed by atoms with van der Waals surface area (Å²) in [5.41, 5.74) is 7.29. The number of hydrogen-bond acceptors (Lipinski definition) is 3. The molecular formula is C17H17Cl2N3O. The lowest BCUT2D eigenvalue weighted by Gasteiger charge is -2.17. The summed E-state index contributed by atoms with van der Waals surface area (Å²) in [7, 11) is 0. The second kappa shape index (κ2) is 7.13. The van der Waals surface area contributed by atoms with Gasteiger partial charge in [-0.15, -0.1) is 12.4 Å². The molecule has 0 amide bonds. The van der Waals surface area contributed by atoms with Crippen LogP contribution in [0.15, 0.2) is 53.3 Å². The highest BCUT2D eigenvalue weighted by Crippen LogP contribution is 2.22. The summed E-state index contributed by atoms with van der Waals surface area (Å²) in [4.78, 5) is 17.6. The van der Waals surface area contributed by atoms with Crippen LogP contribution >= 0.6 is 24.0 Å². The Morgan fingerprint density at radius 2 is 1.87 bits per heavy atom. The van der Waals surface area contributed by atoms with Crippen LogP contribution < -0.4 is 11.3 Å². The van der Waals surface area contributed by atoms with Gasteiger partial charge in [0.05, 0.1) is 27.7 Å². The molecule has 1 unspecified atom stereocenters. The molecule has 0 aliphatic heterocycles. The van der Waals surface area contributed by atoms with Crippen LogP contribution in [0.2, 0.25) is 5.02 Å². The van der Waals surface area contributed by atoms with E-state index in [-0.39, 0.29) is 24.0 Å². The first kappa shape index (κ1) is 17.5. The van der Waals surface area contributed by atoms with Crippen molar-refractivity contribution in [2.24, 2.45) is 5.73 Å². The molecule has 2 N–H and O–H groups in total. The molecule has 120 valence electrons. The van der Waals surface area contributed by atoms with E-state index < -0.39 is 0 Å². The molecule has 0 fully saturated rings. The summed E-state index contributed by atoms with van der Waals surface area (Å²) >= 11 is 6.20. The van der Waals surface area contributed by atoms with Crippen molar-refractivity contribution < 1.29 is 0 Å². The number of para-hydroxylation sites is 1. The highest BCUT2D eigenvalue weighted by molar-refractivity contribution is 6.35. The third kappa shape index (κ3) is 3.11. The lowest BCUT2D eigenvalue weighted by Crippen LogP contribution is -2.28. The molecule has 2 aromatic carbocycles. The van der Waals surface area contributed by atoms with Gasteiger partial charge in [-0.1, -0.05) is 42.8 Å². The monoisotopic (exact) mass is 349 g/mol. The fourth-order valence-electron chi connectivity index (χ4n) is 2.46. The third-order valence-electron chi connectivity index (χ3n) is 3.66. The number of hydrogen-bond donors (Lipinski definition) is 1. The maximum atomic E-state index is 13.0. The molecule has 0 bridgehead atoms. The molecule has 0 radical (unpaired) electrons. The van der Waals surface area contributed by atoms with Crippen molar-refractivity contribution in [3.8, 4) is 5.69 Å². The summed E-state index contributed by atoms with van der Waals surface area (Å²) in [5.74, 6) is 0.550. The van der Waals surface area contributed by atoms with Crippen LogP contribution in [-0.2, 0) is 0 Å². The molecule has 3 aromatic rings. The molecule has 0 aliphatic rings. The zero-order valence-electron chi connectivity index (χ0n) is 12.6. The number of fused-ring (bicyclic) bond motifs is 1. The average molecular weight is 350 g/mol. The minimum Gasteiger partial charge on any atom is -0.321 e. The summed E-state index contributed by atoms with van der Waals surface area (Å²) < 4.78 is 1.56. The second-order valence-corrected chi connectivity index (χ2v) is 5.50. The van der Waals surface area contributed by atoms with Crippen LogP contribution in [0, 0.1) is 0 Å². The molecule has 6 heteroatoms. The Labute approximate surface area is 145 Å². The highest BCUT2D eigenvalue weighted by Gasteiger charge is 2.18. The van der Waals surface area contributed by atoms with E-state index in [2.05, 4.69) is 4.98 Å². The van der Waals surface area contributed by atoms with E-state index in [1.807, 2.05) is 37.3 Å². The maximum absolute atomic E-state index is 13.0. The minimum absolute atomic E-state index is 0. The van der Waals surface area contributed by atoms with Crippen LogP contribution in [0.4, 0.5) is 0 Å². The smallest absolute Gasteiger partial charge is 0.267 e. The molecule has 0 saturated carbocycles. The standard InChI is InChI=1S/C17H16ClN3O.ClH/c1-2-13(19)16-20-14-10-6-9-12(18)15(14)17(22)21(16)11-7-4-3-5-8-11;/h3-10,13H,2,19H2,1H3;1H. The van der Waals surface area contributed by atoms with Crippen molar-refractivity contribution in [1.82, 2.24) is 9.55 Å². The zero-order valence-corrected chi connectivity index (χ0v) is 14.1. The van der Waals surface area contributed by atoms with Gasteiger partial charge in [0.2, 0.25) is 0 Å². The molecule has 23 heavy (non-hydrogen) atoms. The normalized spacial score (nSPS) is 12.0. The molecule has 1 aromatic heterocycles. The van der Waals surface area contributed by atoms with Crippen molar-refractivity contribution in [3.05, 3.63) is 69.7 Å². The number of aromatic nitrogens is 2. The van der Waals surface area contributed by atoms with Gasteiger partial charge in [-0.25, -0.2) is 4.98 Å². The largest absolute Gasteiger partial charge is 0.321 e. The van der Waals surface area contributed by atoms with E-state index >= 15 is 0 Å². The van der Waals surface area contributed by atoms with Gasteiger partial charge in [-0.3, -0.25) is 9.36 Å². The Kier molecular flexibility index (Phi) is 5.42. The summed E-state index contributed by atoms with van der Waals surface area (Å²) in [6.45, 7) is 1.97. The molecular weight excluding hydrogens is 333 g/mol. The highest BCUT2D eigenvalue weighted by atomic mass is 35.5. The van der Waals surface area contributed by atoms with Crippen LogP contribution in [-0.4, -0.2) is 9.55 Å². The summed E-state index contributed by atoms with van der Waals surface area (Å²) in [6, 6.07) is 14.3. The molecule has 0 spiro atoms. The summed E-state index contributed by atoms with van der Waals surface area (Å²) in [5, 5.41) is 0.816. The number of rotatable bonds is 3. The van der Waals surface area contributed by atoms with Crippen LogP contribution in [0.3, 0.4) is 0 Å². The third-order valence-corrected chi connectivity index (χ3v) is 3.97. The van der Waals surface area contributed by atoms with Gasteiger partial charge in [0, 0.05) is 0 Å². The Balaban J connectivity index is 0.00000192. The molecule has 0 aliphatic carbocycles. The van der Waals surface area contributed by atoms with E-state index in [4.69, 9.17) is 17.3 Å². The quantitative estimate of drug-likeness (QED) is 0.780. The van der Waals surface area contributed by atoms with E-state index in [9.17, 15) is 4.79 Å². The molecule has 1 heterocycles. The van der Waals surface area contributed by atoms with Gasteiger partial charge in [-0.2, -0.15) is 0 Å². The number of halogens is 2. The Bertz CT molecular complexity index is 878. The maximum Gasteiger partial charge on any atom is 0.267 e. The van der Waals surface area contributed by atoms with Gasteiger partial charge in [0.15, 0.2) is 0 Å². The lowest BCUT2D eigenvalue weighted by atomic mass is 10.1. The first-order chi connectivity index (χ1) is 10.6. The van der Waals surface area contributed by atoms with E-state index in [1.165, 1.54) is 0 Å². The Hall–Kier alpha value is -1.88. The van der Waals surface area contributed by atoms with E-state index in [0.29, 0.717) is 28.2 Å². The first-order valence-electron chi connectivity index (χ1n) is 7.15. The molecule has 3 rings (SSSR count). The fourth-order valence-corrected chi connectivity index (χ4v) is 2.72. The van der Waals surface area contributed by atoms with Crippen molar-refractivity contribution in [2.75, 3.05) is 0 Å². The average Bonchev–Trinajstić information content (AvgIpc) is 2.54. The van der Waals surface area contributed by atoms with Crippen molar-refractivity contribution >= 4 is 34.9 Å². The van der Waals surface area contributed by atoms with Crippen molar-refractivity contribution in [1.29, 1.82) is 0 Å². The Morgan fingerprint density at radius 1 is 1.17 bits per heavy atom. The number of nitrogens with zero attached hydrogens (tertiary/aromatic N) is 2. The number of benzene rings is 2. The van der Waals surface area contributed by atoms with Crippen LogP contribution in [0.25, 0.3) is 16.6 Å². The number of nitrogens with two attached hydrogens (primary N) is 1. The second-order valence-electron chi connectivity index (χ2n) is 5.09. The van der Waals surface area contributed by atoms with Crippen LogP contribution in [0.5, 0.6) is 0 Å². The van der Waals surface area contributed by atoms with Gasteiger partial charge in [0.25, 0.3) is 5.56 Å².